The molecular formula is C10H15NO3. The molecule has 0 aromatic heterocycles. The maximum Gasteiger partial charge on any atom is 0.330 e. The molecule has 0 heterocycles. The summed E-state index contributed by atoms with van der Waals surface area (Å²) in [5, 5.41) is 11.4. The zero-order valence-electron chi connectivity index (χ0n) is 8.25. The van der Waals surface area contributed by atoms with E-state index in [1.165, 1.54) is 6.92 Å². The second kappa shape index (κ2) is 4.79. The van der Waals surface area contributed by atoms with Crippen LogP contribution in [0.1, 0.15) is 32.6 Å². The van der Waals surface area contributed by atoms with Gasteiger partial charge in [0.1, 0.15) is 6.04 Å². The van der Waals surface area contributed by atoms with Crippen LogP contribution in [-0.2, 0) is 9.59 Å². The molecule has 78 valence electrons. The van der Waals surface area contributed by atoms with E-state index >= 15 is 0 Å². The molecule has 0 aromatic carbocycles. The van der Waals surface area contributed by atoms with E-state index in [4.69, 9.17) is 5.11 Å². The van der Waals surface area contributed by atoms with Gasteiger partial charge in [0.15, 0.2) is 0 Å². The van der Waals surface area contributed by atoms with Crippen molar-refractivity contribution in [2.45, 2.75) is 38.6 Å². The number of hydrogen-bond donors (Lipinski definition) is 2. The highest BCUT2D eigenvalue weighted by molar-refractivity contribution is 5.84. The zero-order valence-corrected chi connectivity index (χ0v) is 8.25. The summed E-state index contributed by atoms with van der Waals surface area (Å²) in [6.45, 7) is 1.33. The van der Waals surface area contributed by atoms with E-state index in [1.807, 2.05) is 6.08 Å². The van der Waals surface area contributed by atoms with E-state index in [-0.39, 0.29) is 5.91 Å². The highest BCUT2D eigenvalue weighted by atomic mass is 16.4. The summed E-state index contributed by atoms with van der Waals surface area (Å²) in [5.74, 6) is -1.28. The van der Waals surface area contributed by atoms with Gasteiger partial charge in [-0.2, -0.15) is 0 Å². The second-order valence-corrected chi connectivity index (χ2v) is 3.50. The number of carboxylic acid groups (broad SMARTS) is 1. The largest absolute Gasteiger partial charge is 0.479 e. The fraction of sp³-hybridized carbons (Fsp3) is 0.600. The normalized spacial score (nSPS) is 18.2. The molecule has 4 nitrogen and oxygen atoms in total. The average Bonchev–Trinajstić information content (AvgIpc) is 2.15. The molecule has 4 heteroatoms. The third kappa shape index (κ3) is 2.87. The monoisotopic (exact) mass is 197 g/mol. The Morgan fingerprint density at radius 3 is 2.64 bits per heavy atom. The molecule has 1 aliphatic rings. The van der Waals surface area contributed by atoms with Crippen LogP contribution in [0.3, 0.4) is 0 Å². The molecule has 0 spiro atoms. The molecule has 0 saturated carbocycles. The molecule has 2 N–H and O–H groups in total. The first-order valence-electron chi connectivity index (χ1n) is 4.80. The second-order valence-electron chi connectivity index (χ2n) is 3.50. The van der Waals surface area contributed by atoms with Crippen molar-refractivity contribution in [1.82, 2.24) is 5.32 Å². The van der Waals surface area contributed by atoms with Gasteiger partial charge < -0.3 is 10.4 Å². The lowest BCUT2D eigenvalue weighted by Crippen LogP contribution is -2.41. The number of aliphatic carboxylic acids is 1. The summed E-state index contributed by atoms with van der Waals surface area (Å²) in [4.78, 5) is 21.7. The topological polar surface area (TPSA) is 66.4 Å². The fourth-order valence-corrected chi connectivity index (χ4v) is 1.64. The van der Waals surface area contributed by atoms with Gasteiger partial charge in [0, 0.05) is 6.92 Å². The molecule has 0 bridgehead atoms. The smallest absolute Gasteiger partial charge is 0.330 e. The molecule has 1 rings (SSSR count). The number of hydrogen-bond acceptors (Lipinski definition) is 2. The van der Waals surface area contributed by atoms with Crippen molar-refractivity contribution in [3.05, 3.63) is 11.6 Å². The first-order chi connectivity index (χ1) is 6.61. The van der Waals surface area contributed by atoms with Gasteiger partial charge in [-0.3, -0.25) is 4.79 Å². The molecule has 0 saturated heterocycles. The van der Waals surface area contributed by atoms with Crippen LogP contribution in [0.25, 0.3) is 0 Å². The van der Waals surface area contributed by atoms with E-state index in [1.54, 1.807) is 0 Å². The van der Waals surface area contributed by atoms with Crippen molar-refractivity contribution in [1.29, 1.82) is 0 Å². The van der Waals surface area contributed by atoms with Crippen molar-refractivity contribution in [3.8, 4) is 0 Å². The minimum absolute atomic E-state index is 0.302. The molecule has 1 amide bonds. The molecule has 1 atom stereocenters. The number of nitrogens with one attached hydrogen (secondary N) is 1. The summed E-state index contributed by atoms with van der Waals surface area (Å²) in [6.07, 6.45) is 5.74. The Bertz CT molecular complexity index is 271. The molecule has 14 heavy (non-hydrogen) atoms. The summed E-state index contributed by atoms with van der Waals surface area (Å²) < 4.78 is 0. The van der Waals surface area contributed by atoms with E-state index in [0.717, 1.165) is 31.3 Å². The highest BCUT2D eigenvalue weighted by Gasteiger charge is 2.23. The Kier molecular flexibility index (Phi) is 3.68. The Labute approximate surface area is 83.0 Å². The molecule has 0 radical (unpaired) electrons. The predicted octanol–water partition coefficient (Wildman–Crippen LogP) is 1.08. The van der Waals surface area contributed by atoms with Gasteiger partial charge in [-0.25, -0.2) is 4.79 Å². The van der Waals surface area contributed by atoms with Crippen LogP contribution in [0, 0.1) is 0 Å². The van der Waals surface area contributed by atoms with Gasteiger partial charge in [0.25, 0.3) is 0 Å². The third-order valence-electron chi connectivity index (χ3n) is 2.29. The first-order valence-corrected chi connectivity index (χ1v) is 4.80. The lowest BCUT2D eigenvalue weighted by atomic mass is 9.94. The van der Waals surface area contributed by atoms with E-state index in [9.17, 15) is 9.59 Å². The van der Waals surface area contributed by atoms with E-state index in [0.29, 0.717) is 0 Å². The number of amides is 1. The highest BCUT2D eigenvalue weighted by Crippen LogP contribution is 2.20. The number of carboxylic acids is 1. The third-order valence-corrected chi connectivity index (χ3v) is 2.29. The van der Waals surface area contributed by atoms with Gasteiger partial charge in [-0.1, -0.05) is 6.08 Å². The maximum absolute atomic E-state index is 10.9. The van der Waals surface area contributed by atoms with Gasteiger partial charge in [-0.05, 0) is 31.3 Å². The van der Waals surface area contributed by atoms with Crippen LogP contribution in [0.2, 0.25) is 0 Å². The number of carbonyl (C=O) groups is 2. The standard InChI is InChI=1S/C10H15NO3/c1-7(12)11-9(10(13)14)8-5-3-2-4-6-8/h5,9H,2-4,6H2,1H3,(H,11,12)(H,13,14). The molecule has 1 aliphatic carbocycles. The molecule has 1 unspecified atom stereocenters. The average molecular weight is 197 g/mol. The summed E-state index contributed by atoms with van der Waals surface area (Å²) >= 11 is 0. The van der Waals surface area contributed by atoms with Crippen LogP contribution >= 0.6 is 0 Å². The Balaban J connectivity index is 2.70. The van der Waals surface area contributed by atoms with Gasteiger partial charge in [0.05, 0.1) is 0 Å². The number of carbonyl (C=O) groups excluding carboxylic acids is 1. The van der Waals surface area contributed by atoms with Crippen molar-refractivity contribution >= 4 is 11.9 Å². The lowest BCUT2D eigenvalue weighted by Gasteiger charge is -2.20. The first kappa shape index (κ1) is 10.8. The van der Waals surface area contributed by atoms with E-state index < -0.39 is 12.0 Å². The molecule has 0 fully saturated rings. The Hall–Kier alpha value is -1.32. The predicted molar refractivity (Wildman–Crippen MR) is 51.8 cm³/mol. The lowest BCUT2D eigenvalue weighted by molar-refractivity contribution is -0.140. The quantitative estimate of drug-likeness (QED) is 0.665. The maximum atomic E-state index is 10.9. The van der Waals surface area contributed by atoms with Gasteiger partial charge >= 0.3 is 5.97 Å². The summed E-state index contributed by atoms with van der Waals surface area (Å²) in [5.41, 5.74) is 0.832. The minimum Gasteiger partial charge on any atom is -0.479 e. The minimum atomic E-state index is -0.978. The van der Waals surface area contributed by atoms with Crippen LogP contribution in [0.15, 0.2) is 11.6 Å². The van der Waals surface area contributed by atoms with Crippen LogP contribution in [0.4, 0.5) is 0 Å². The number of allylic oxidation sites excluding steroid dienone is 1. The van der Waals surface area contributed by atoms with E-state index in [2.05, 4.69) is 5.32 Å². The number of rotatable bonds is 3. The van der Waals surface area contributed by atoms with Crippen LogP contribution < -0.4 is 5.32 Å². The summed E-state index contributed by atoms with van der Waals surface area (Å²) in [7, 11) is 0. The van der Waals surface area contributed by atoms with Crippen molar-refractivity contribution < 1.29 is 14.7 Å². The van der Waals surface area contributed by atoms with Crippen LogP contribution in [-0.4, -0.2) is 23.0 Å². The van der Waals surface area contributed by atoms with Crippen LogP contribution in [0.5, 0.6) is 0 Å². The van der Waals surface area contributed by atoms with Gasteiger partial charge in [0.2, 0.25) is 5.91 Å². The zero-order chi connectivity index (χ0) is 10.6. The SMILES string of the molecule is CC(=O)NC(C(=O)O)C1=CCCCC1. The molecule has 0 aromatic rings. The van der Waals surface area contributed by atoms with Gasteiger partial charge in [-0.15, -0.1) is 0 Å². The van der Waals surface area contributed by atoms with Crippen molar-refractivity contribution in [2.75, 3.05) is 0 Å². The Morgan fingerprint density at radius 1 is 1.50 bits per heavy atom. The molecular weight excluding hydrogens is 182 g/mol. The Morgan fingerprint density at radius 2 is 2.21 bits per heavy atom. The van der Waals surface area contributed by atoms with Crippen molar-refractivity contribution in [2.24, 2.45) is 0 Å². The van der Waals surface area contributed by atoms with Crippen molar-refractivity contribution in [3.63, 3.8) is 0 Å². The fourth-order valence-electron chi connectivity index (χ4n) is 1.64. The molecule has 0 aliphatic heterocycles. The summed E-state index contributed by atoms with van der Waals surface area (Å²) in [6, 6.07) is -0.826.